The van der Waals surface area contributed by atoms with Gasteiger partial charge in [0, 0.05) is 28.8 Å². The van der Waals surface area contributed by atoms with Gasteiger partial charge >= 0.3 is 0 Å². The molecule has 1 aromatic heterocycles. The van der Waals surface area contributed by atoms with Crippen LogP contribution < -0.4 is 5.32 Å². The summed E-state index contributed by atoms with van der Waals surface area (Å²) in [7, 11) is -3.79. The third-order valence-corrected chi connectivity index (χ3v) is 5.79. The van der Waals surface area contributed by atoms with Crippen molar-refractivity contribution in [2.24, 2.45) is 0 Å². The second kappa shape index (κ2) is 7.49. The maximum absolute atomic E-state index is 12.4. The fraction of sp³-hybridized carbons (Fsp3) is 0.111. The lowest BCUT2D eigenvalue weighted by molar-refractivity contribution is -0.387. The van der Waals surface area contributed by atoms with Crippen LogP contribution in [0.15, 0.2) is 52.7 Å². The van der Waals surface area contributed by atoms with Gasteiger partial charge in [0.15, 0.2) is 15.0 Å². The zero-order chi connectivity index (χ0) is 20.5. The molecule has 1 heterocycles. The lowest BCUT2D eigenvalue weighted by atomic mass is 10.1. The number of hydrogen-bond donors (Lipinski definition) is 1. The molecule has 0 aliphatic heterocycles. The first kappa shape index (κ1) is 19.6. The van der Waals surface area contributed by atoms with Gasteiger partial charge in [-0.25, -0.2) is 13.4 Å². The highest BCUT2D eigenvalue weighted by Crippen LogP contribution is 2.27. The maximum Gasteiger partial charge on any atom is 0.288 e. The summed E-state index contributed by atoms with van der Waals surface area (Å²) in [4.78, 5) is 26.7. The Morgan fingerprint density at radius 3 is 2.46 bits per heavy atom. The topological polar surface area (TPSA) is 119 Å². The van der Waals surface area contributed by atoms with E-state index in [9.17, 15) is 23.3 Å². The van der Waals surface area contributed by atoms with E-state index in [4.69, 9.17) is 0 Å². The molecule has 10 heteroatoms. The van der Waals surface area contributed by atoms with Gasteiger partial charge in [-0.15, -0.1) is 11.3 Å². The molecule has 0 saturated carbocycles. The zero-order valence-corrected chi connectivity index (χ0v) is 16.5. The van der Waals surface area contributed by atoms with Crippen LogP contribution in [0.3, 0.4) is 0 Å². The van der Waals surface area contributed by atoms with Gasteiger partial charge in [-0.2, -0.15) is 0 Å². The number of nitro groups is 1. The molecule has 28 heavy (non-hydrogen) atoms. The molecule has 144 valence electrons. The summed E-state index contributed by atoms with van der Waals surface area (Å²) >= 11 is 1.22. The molecule has 8 nitrogen and oxygen atoms in total. The number of benzene rings is 2. The van der Waals surface area contributed by atoms with E-state index in [-0.39, 0.29) is 5.56 Å². The van der Waals surface area contributed by atoms with Crippen molar-refractivity contribution < 1.29 is 18.1 Å². The number of aryl methyl sites for hydroxylation is 1. The van der Waals surface area contributed by atoms with E-state index in [0.29, 0.717) is 10.8 Å². The Kier molecular flexibility index (Phi) is 5.25. The van der Waals surface area contributed by atoms with Crippen molar-refractivity contribution in [1.29, 1.82) is 0 Å². The summed E-state index contributed by atoms with van der Waals surface area (Å²) in [6, 6.07) is 11.0. The molecule has 0 aliphatic carbocycles. The molecule has 0 fully saturated rings. The van der Waals surface area contributed by atoms with Crippen LogP contribution in [0.25, 0.3) is 11.3 Å². The first-order valence-corrected chi connectivity index (χ1v) is 10.7. The summed E-state index contributed by atoms with van der Waals surface area (Å²) in [6.45, 7) is 1.98. The highest BCUT2D eigenvalue weighted by Gasteiger charge is 2.24. The number of carbonyl (C=O) groups excluding carboxylic acids is 1. The Morgan fingerprint density at radius 2 is 1.86 bits per heavy atom. The second-order valence-electron chi connectivity index (χ2n) is 6.07. The van der Waals surface area contributed by atoms with Crippen molar-refractivity contribution in [3.63, 3.8) is 0 Å². The summed E-state index contributed by atoms with van der Waals surface area (Å²) in [5, 5.41) is 15.9. The normalized spacial score (nSPS) is 11.2. The average Bonchev–Trinajstić information content (AvgIpc) is 3.09. The molecule has 0 saturated heterocycles. The second-order valence-corrected chi connectivity index (χ2v) is 8.91. The Bertz CT molecular complexity index is 1170. The molecule has 3 aromatic rings. The van der Waals surface area contributed by atoms with Crippen LogP contribution in [-0.4, -0.2) is 30.5 Å². The van der Waals surface area contributed by atoms with Gasteiger partial charge in [-0.3, -0.25) is 20.2 Å². The molecular formula is C18H15N3O5S2. The Labute approximate surface area is 164 Å². The van der Waals surface area contributed by atoms with Gasteiger partial charge in [0.1, 0.15) is 4.90 Å². The SMILES string of the molecule is Cc1ccc(-c2csc(NC(=O)c3ccc(S(C)(=O)=O)c([N+](=O)[O-])c3)n2)cc1. The summed E-state index contributed by atoms with van der Waals surface area (Å²) < 4.78 is 23.4. The van der Waals surface area contributed by atoms with Crippen molar-refractivity contribution in [3.8, 4) is 11.3 Å². The minimum Gasteiger partial charge on any atom is -0.298 e. The Hall–Kier alpha value is -3.11. The molecule has 0 aliphatic rings. The van der Waals surface area contributed by atoms with Crippen LogP contribution in [0.1, 0.15) is 15.9 Å². The fourth-order valence-corrected chi connectivity index (χ4v) is 4.02. The van der Waals surface area contributed by atoms with Crippen LogP contribution in [0.4, 0.5) is 10.8 Å². The van der Waals surface area contributed by atoms with E-state index >= 15 is 0 Å². The Balaban J connectivity index is 1.85. The van der Waals surface area contributed by atoms with Crippen LogP contribution in [-0.2, 0) is 9.84 Å². The number of aromatic nitrogens is 1. The number of carbonyl (C=O) groups is 1. The lowest BCUT2D eigenvalue weighted by Gasteiger charge is -2.05. The summed E-state index contributed by atoms with van der Waals surface area (Å²) in [6.07, 6.45) is 0.872. The molecule has 0 unspecified atom stereocenters. The van der Waals surface area contributed by atoms with Crippen LogP contribution in [0.5, 0.6) is 0 Å². The van der Waals surface area contributed by atoms with Crippen molar-refractivity contribution >= 4 is 37.9 Å². The van der Waals surface area contributed by atoms with Crippen molar-refractivity contribution in [3.05, 3.63) is 69.1 Å². The fourth-order valence-electron chi connectivity index (χ4n) is 2.47. The first-order chi connectivity index (χ1) is 13.1. The van der Waals surface area contributed by atoms with Crippen LogP contribution >= 0.6 is 11.3 Å². The number of thiazole rings is 1. The van der Waals surface area contributed by atoms with Gasteiger partial charge in [0.05, 0.1) is 10.6 Å². The predicted molar refractivity (Wildman–Crippen MR) is 106 cm³/mol. The number of hydrogen-bond acceptors (Lipinski definition) is 7. The number of nitrogens with zero attached hydrogens (tertiary/aromatic N) is 2. The van der Waals surface area contributed by atoms with Gasteiger partial charge < -0.3 is 0 Å². The van der Waals surface area contributed by atoms with Gasteiger partial charge in [-0.05, 0) is 19.1 Å². The smallest absolute Gasteiger partial charge is 0.288 e. The number of amides is 1. The number of nitrogens with one attached hydrogen (secondary N) is 1. The maximum atomic E-state index is 12.4. The lowest BCUT2D eigenvalue weighted by Crippen LogP contribution is -2.13. The molecule has 0 radical (unpaired) electrons. The number of rotatable bonds is 5. The monoisotopic (exact) mass is 417 g/mol. The molecular weight excluding hydrogens is 402 g/mol. The van der Waals surface area contributed by atoms with E-state index in [0.717, 1.165) is 29.5 Å². The minimum atomic E-state index is -3.79. The van der Waals surface area contributed by atoms with E-state index in [1.807, 2.05) is 31.2 Å². The molecule has 3 rings (SSSR count). The average molecular weight is 417 g/mol. The molecule has 0 bridgehead atoms. The number of sulfone groups is 1. The standard InChI is InChI=1S/C18H15N3O5S2/c1-11-3-5-12(6-4-11)14-10-27-18(19-14)20-17(22)13-7-8-16(28(2,25)26)15(9-13)21(23)24/h3-10H,1-2H3,(H,19,20,22). The zero-order valence-electron chi connectivity index (χ0n) is 14.9. The molecule has 1 amide bonds. The van der Waals surface area contributed by atoms with Gasteiger partial charge in [0.25, 0.3) is 11.6 Å². The van der Waals surface area contributed by atoms with Gasteiger partial charge in [0.2, 0.25) is 0 Å². The quantitative estimate of drug-likeness (QED) is 0.499. The largest absolute Gasteiger partial charge is 0.298 e. The molecule has 2 aromatic carbocycles. The predicted octanol–water partition coefficient (Wildman–Crippen LogP) is 3.68. The van der Waals surface area contributed by atoms with Gasteiger partial charge in [-0.1, -0.05) is 29.8 Å². The summed E-state index contributed by atoms with van der Waals surface area (Å²) in [5.41, 5.74) is 2.03. The molecule has 0 spiro atoms. The molecule has 0 atom stereocenters. The van der Waals surface area contributed by atoms with Crippen molar-refractivity contribution in [1.82, 2.24) is 4.98 Å². The Morgan fingerprint density at radius 1 is 1.18 bits per heavy atom. The third-order valence-electron chi connectivity index (χ3n) is 3.89. The highest BCUT2D eigenvalue weighted by molar-refractivity contribution is 7.90. The van der Waals surface area contributed by atoms with E-state index in [1.54, 1.807) is 5.38 Å². The van der Waals surface area contributed by atoms with E-state index in [1.165, 1.54) is 17.4 Å². The number of nitro benzene ring substituents is 1. The minimum absolute atomic E-state index is 0.0359. The third kappa shape index (κ3) is 4.24. The van der Waals surface area contributed by atoms with E-state index < -0.39 is 31.3 Å². The first-order valence-electron chi connectivity index (χ1n) is 7.97. The summed E-state index contributed by atoms with van der Waals surface area (Å²) in [5.74, 6) is -0.618. The number of anilines is 1. The highest BCUT2D eigenvalue weighted by atomic mass is 32.2. The van der Waals surface area contributed by atoms with E-state index in [2.05, 4.69) is 10.3 Å². The van der Waals surface area contributed by atoms with Crippen molar-refractivity contribution in [2.75, 3.05) is 11.6 Å². The van der Waals surface area contributed by atoms with Crippen LogP contribution in [0, 0.1) is 17.0 Å². The van der Waals surface area contributed by atoms with Crippen LogP contribution in [0.2, 0.25) is 0 Å². The van der Waals surface area contributed by atoms with Crippen molar-refractivity contribution in [2.45, 2.75) is 11.8 Å². The molecule has 1 N–H and O–H groups in total.